The molecule has 166 valence electrons. The van der Waals surface area contributed by atoms with Gasteiger partial charge < -0.3 is 14.8 Å². The van der Waals surface area contributed by atoms with Gasteiger partial charge in [-0.1, -0.05) is 24.3 Å². The normalized spacial score (nSPS) is 12.2. The van der Waals surface area contributed by atoms with Crippen molar-refractivity contribution in [3.8, 4) is 0 Å². The quantitative estimate of drug-likeness (QED) is 0.432. The summed E-state index contributed by atoms with van der Waals surface area (Å²) in [6.45, 7) is 1.66. The molecule has 0 spiro atoms. The van der Waals surface area contributed by atoms with E-state index >= 15 is 0 Å². The second-order valence-electron chi connectivity index (χ2n) is 6.10. The van der Waals surface area contributed by atoms with Gasteiger partial charge in [-0.05, 0) is 36.8 Å². The molecule has 0 aromatic heterocycles. The van der Waals surface area contributed by atoms with Gasteiger partial charge in [0, 0.05) is 0 Å². The number of carbonyl (C=O) groups excluding carboxylic acids is 2. The lowest BCUT2D eigenvalue weighted by molar-refractivity contribution is -0.138. The highest BCUT2D eigenvalue weighted by molar-refractivity contribution is 8.04. The fourth-order valence-corrected chi connectivity index (χ4v) is 5.57. The third-order valence-electron chi connectivity index (χ3n) is 3.83. The first-order valence-electron chi connectivity index (χ1n) is 8.59. The SMILES string of the molecule is COC(=O)/C=C(/Nc1ccccc1S(=O)(=O)NS(=O)(=O)c1cccc(C)c1)C(=O)OC. The number of carbonyl (C=O) groups is 2. The van der Waals surface area contributed by atoms with Gasteiger partial charge in [0.25, 0.3) is 20.0 Å². The number of hydrogen-bond acceptors (Lipinski definition) is 9. The van der Waals surface area contributed by atoms with E-state index in [1.807, 2.05) is 0 Å². The maximum absolute atomic E-state index is 12.9. The third kappa shape index (κ3) is 6.13. The van der Waals surface area contributed by atoms with Crippen LogP contribution in [0.3, 0.4) is 0 Å². The van der Waals surface area contributed by atoms with Crippen molar-refractivity contribution >= 4 is 37.7 Å². The standard InChI is InChI=1S/C19H20N2O8S2/c1-13-7-6-8-14(11-13)30(24,25)21-31(26,27)17-10-5-4-9-15(17)20-16(19(23)29-3)12-18(22)28-2/h4-12,20-21H,1-3H3/b16-12+. The van der Waals surface area contributed by atoms with E-state index in [0.717, 1.165) is 26.4 Å². The van der Waals surface area contributed by atoms with Gasteiger partial charge in [0.1, 0.15) is 10.6 Å². The lowest BCUT2D eigenvalue weighted by Gasteiger charge is -2.14. The fourth-order valence-electron chi connectivity index (χ4n) is 2.40. The molecule has 0 amide bonds. The summed E-state index contributed by atoms with van der Waals surface area (Å²) < 4.78 is 61.6. The van der Waals surface area contributed by atoms with Crippen LogP contribution < -0.4 is 9.44 Å². The van der Waals surface area contributed by atoms with Gasteiger partial charge in [0.05, 0.1) is 30.9 Å². The molecule has 0 unspecified atom stereocenters. The summed E-state index contributed by atoms with van der Waals surface area (Å²) in [5, 5.41) is 2.48. The Labute approximate surface area is 180 Å². The highest BCUT2D eigenvalue weighted by atomic mass is 32.3. The number of para-hydroxylation sites is 1. The molecule has 0 aliphatic rings. The van der Waals surface area contributed by atoms with Crippen molar-refractivity contribution in [1.29, 1.82) is 0 Å². The highest BCUT2D eigenvalue weighted by Gasteiger charge is 2.27. The van der Waals surface area contributed by atoms with Crippen LogP contribution in [-0.2, 0) is 39.1 Å². The van der Waals surface area contributed by atoms with Gasteiger partial charge in [0.15, 0.2) is 0 Å². The van der Waals surface area contributed by atoms with E-state index < -0.39 is 42.6 Å². The molecular weight excluding hydrogens is 448 g/mol. The van der Waals surface area contributed by atoms with Crippen LogP contribution in [-0.4, -0.2) is 43.0 Å². The summed E-state index contributed by atoms with van der Waals surface area (Å²) in [5.74, 6) is -1.87. The Hall–Kier alpha value is -3.22. The monoisotopic (exact) mass is 468 g/mol. The maximum atomic E-state index is 12.9. The van der Waals surface area contributed by atoms with Crippen molar-refractivity contribution in [2.75, 3.05) is 19.5 Å². The Bertz CT molecular complexity index is 1240. The van der Waals surface area contributed by atoms with Gasteiger partial charge in [-0.15, -0.1) is 4.13 Å². The van der Waals surface area contributed by atoms with Gasteiger partial charge in [0.2, 0.25) is 0 Å². The fraction of sp³-hybridized carbons (Fsp3) is 0.158. The van der Waals surface area contributed by atoms with E-state index in [-0.39, 0.29) is 10.6 Å². The summed E-state index contributed by atoms with van der Waals surface area (Å²) >= 11 is 0. The molecule has 0 radical (unpaired) electrons. The van der Waals surface area contributed by atoms with Gasteiger partial charge in [-0.25, -0.2) is 26.4 Å². The minimum Gasteiger partial charge on any atom is -0.466 e. The Kier molecular flexibility index (Phi) is 7.55. The van der Waals surface area contributed by atoms with Gasteiger partial charge in [-0.3, -0.25) is 0 Å². The Morgan fingerprint density at radius 2 is 1.58 bits per heavy atom. The van der Waals surface area contributed by atoms with Crippen LogP contribution in [0.5, 0.6) is 0 Å². The Morgan fingerprint density at radius 3 is 2.19 bits per heavy atom. The molecule has 2 aromatic rings. The lowest BCUT2D eigenvalue weighted by atomic mass is 10.2. The molecule has 10 nitrogen and oxygen atoms in total. The van der Waals surface area contributed by atoms with Crippen LogP contribution in [0.25, 0.3) is 0 Å². The van der Waals surface area contributed by atoms with Crippen molar-refractivity contribution in [3.63, 3.8) is 0 Å². The predicted molar refractivity (Wildman–Crippen MR) is 111 cm³/mol. The largest absolute Gasteiger partial charge is 0.466 e. The smallest absolute Gasteiger partial charge is 0.354 e. The number of nitrogens with one attached hydrogen (secondary N) is 2. The van der Waals surface area contributed by atoms with Gasteiger partial charge >= 0.3 is 11.9 Å². The van der Waals surface area contributed by atoms with Crippen LogP contribution in [0.15, 0.2) is 70.1 Å². The van der Waals surface area contributed by atoms with E-state index in [4.69, 9.17) is 0 Å². The average Bonchev–Trinajstić information content (AvgIpc) is 2.72. The molecule has 0 aliphatic heterocycles. The molecule has 0 heterocycles. The topological polar surface area (TPSA) is 145 Å². The number of esters is 2. The van der Waals surface area contributed by atoms with Crippen LogP contribution >= 0.6 is 0 Å². The Balaban J connectivity index is 2.47. The molecule has 0 atom stereocenters. The van der Waals surface area contributed by atoms with E-state index in [2.05, 4.69) is 14.8 Å². The van der Waals surface area contributed by atoms with E-state index in [1.54, 1.807) is 17.1 Å². The Morgan fingerprint density at radius 1 is 0.903 bits per heavy atom. The molecular formula is C19H20N2O8S2. The first kappa shape index (κ1) is 24.1. The molecule has 0 saturated heterocycles. The number of sulfonamides is 2. The lowest BCUT2D eigenvalue weighted by Crippen LogP contribution is -2.31. The van der Waals surface area contributed by atoms with Gasteiger partial charge in [-0.2, -0.15) is 0 Å². The number of benzene rings is 2. The number of aryl methyl sites for hydroxylation is 1. The summed E-state index contributed by atoms with van der Waals surface area (Å²) in [6.07, 6.45) is 0.770. The predicted octanol–water partition coefficient (Wildman–Crippen LogP) is 1.30. The molecule has 31 heavy (non-hydrogen) atoms. The van der Waals surface area contributed by atoms with Crippen molar-refractivity contribution in [2.45, 2.75) is 16.7 Å². The first-order valence-corrected chi connectivity index (χ1v) is 11.6. The first-order chi connectivity index (χ1) is 14.5. The van der Waals surface area contributed by atoms with E-state index in [9.17, 15) is 26.4 Å². The minimum absolute atomic E-state index is 0.171. The zero-order valence-corrected chi connectivity index (χ0v) is 18.4. The second-order valence-corrected chi connectivity index (χ2v) is 9.69. The van der Waals surface area contributed by atoms with Crippen molar-refractivity contribution in [3.05, 3.63) is 65.9 Å². The minimum atomic E-state index is -4.62. The molecule has 12 heteroatoms. The third-order valence-corrected chi connectivity index (χ3v) is 7.40. The summed E-state index contributed by atoms with van der Waals surface area (Å²) in [4.78, 5) is 22.8. The van der Waals surface area contributed by atoms with Crippen LogP contribution in [0.1, 0.15) is 5.56 Å². The number of methoxy groups -OCH3 is 2. The van der Waals surface area contributed by atoms with Crippen molar-refractivity contribution in [2.24, 2.45) is 0 Å². The highest BCUT2D eigenvalue weighted by Crippen LogP contribution is 2.24. The van der Waals surface area contributed by atoms with Crippen LogP contribution in [0.4, 0.5) is 5.69 Å². The zero-order chi connectivity index (χ0) is 23.2. The summed E-state index contributed by atoms with van der Waals surface area (Å²) in [7, 11) is -6.89. The van der Waals surface area contributed by atoms with Crippen molar-refractivity contribution in [1.82, 2.24) is 4.13 Å². The molecule has 2 N–H and O–H groups in total. The number of ether oxygens (including phenoxy) is 2. The van der Waals surface area contributed by atoms with Crippen LogP contribution in [0.2, 0.25) is 0 Å². The molecule has 2 aromatic carbocycles. The van der Waals surface area contributed by atoms with Crippen molar-refractivity contribution < 1.29 is 35.9 Å². The molecule has 0 fully saturated rings. The molecule has 0 aliphatic carbocycles. The number of anilines is 1. The molecule has 0 bridgehead atoms. The molecule has 2 rings (SSSR count). The van der Waals surface area contributed by atoms with E-state index in [0.29, 0.717) is 5.56 Å². The number of hydrogen-bond donors (Lipinski definition) is 2. The zero-order valence-electron chi connectivity index (χ0n) is 16.8. The average molecular weight is 469 g/mol. The van der Waals surface area contributed by atoms with Crippen LogP contribution in [0, 0.1) is 6.92 Å². The summed E-state index contributed by atoms with van der Waals surface area (Å²) in [6, 6.07) is 10.9. The number of rotatable bonds is 8. The maximum Gasteiger partial charge on any atom is 0.354 e. The van der Waals surface area contributed by atoms with E-state index in [1.165, 1.54) is 36.4 Å². The second kappa shape index (κ2) is 9.73. The molecule has 0 saturated carbocycles. The summed E-state index contributed by atoms with van der Waals surface area (Å²) in [5.41, 5.74) is 0.0338.